The number of halogens is 1. The minimum absolute atomic E-state index is 0.00189. The predicted molar refractivity (Wildman–Crippen MR) is 68.1 cm³/mol. The minimum atomic E-state index is -0.292. The lowest BCUT2D eigenvalue weighted by atomic mass is 10.1. The summed E-state index contributed by atoms with van der Waals surface area (Å²) in [6.45, 7) is 2.43. The molecule has 1 heterocycles. The number of hydrogen-bond donors (Lipinski definition) is 0. The first-order valence-electron chi connectivity index (χ1n) is 5.68. The summed E-state index contributed by atoms with van der Waals surface area (Å²) in [5, 5.41) is 0.0722. The molecule has 1 unspecified atom stereocenters. The van der Waals surface area contributed by atoms with Gasteiger partial charge >= 0.3 is 5.97 Å². The first kappa shape index (κ1) is 12.6. The molecule has 0 spiro atoms. The van der Waals surface area contributed by atoms with Crippen LogP contribution in [-0.4, -0.2) is 23.7 Å². The van der Waals surface area contributed by atoms with Gasteiger partial charge in [0.05, 0.1) is 11.7 Å². The second-order valence-electron chi connectivity index (χ2n) is 4.29. The lowest BCUT2D eigenvalue weighted by Gasteiger charge is -2.10. The summed E-state index contributed by atoms with van der Waals surface area (Å²) in [6, 6.07) is 8.99. The minimum Gasteiger partial charge on any atom is -0.459 e. The Balaban J connectivity index is 1.81. The Morgan fingerprint density at radius 2 is 2.18 bits per heavy atom. The summed E-state index contributed by atoms with van der Waals surface area (Å²) in [6.07, 6.45) is 0.917. The summed E-state index contributed by atoms with van der Waals surface area (Å²) in [4.78, 5) is 11.7. The van der Waals surface area contributed by atoms with Gasteiger partial charge in [0.25, 0.3) is 0 Å². The summed E-state index contributed by atoms with van der Waals surface area (Å²) in [5.41, 5.74) is 0.578. The molecule has 3 atom stereocenters. The highest BCUT2D eigenvalue weighted by molar-refractivity contribution is 9.09. The molecule has 0 bridgehead atoms. The molecule has 0 radical (unpaired) electrons. The molecule has 92 valence electrons. The third-order valence-electron chi connectivity index (χ3n) is 2.81. The lowest BCUT2D eigenvalue weighted by molar-refractivity contribution is 0.0112. The van der Waals surface area contributed by atoms with Crippen molar-refractivity contribution in [2.75, 3.05) is 6.61 Å². The van der Waals surface area contributed by atoms with Crippen LogP contribution in [0.4, 0.5) is 0 Å². The SMILES string of the molecule is C[C@H]1C[C@@H](COC(=O)c2ccccc2)OC1Br. The van der Waals surface area contributed by atoms with E-state index >= 15 is 0 Å². The van der Waals surface area contributed by atoms with Crippen molar-refractivity contribution in [1.82, 2.24) is 0 Å². The first-order chi connectivity index (χ1) is 8.16. The van der Waals surface area contributed by atoms with Crippen LogP contribution in [0.5, 0.6) is 0 Å². The van der Waals surface area contributed by atoms with Crippen molar-refractivity contribution >= 4 is 21.9 Å². The number of carbonyl (C=O) groups excluding carboxylic acids is 1. The highest BCUT2D eigenvalue weighted by atomic mass is 79.9. The lowest BCUT2D eigenvalue weighted by Crippen LogP contribution is -2.18. The first-order valence-corrected chi connectivity index (χ1v) is 6.60. The number of benzene rings is 1. The molecule has 1 fully saturated rings. The molecule has 2 rings (SSSR count). The van der Waals surface area contributed by atoms with Crippen LogP contribution < -0.4 is 0 Å². The van der Waals surface area contributed by atoms with Crippen molar-refractivity contribution in [2.24, 2.45) is 5.92 Å². The van der Waals surface area contributed by atoms with Crippen LogP contribution in [0.15, 0.2) is 30.3 Å². The maximum atomic E-state index is 11.7. The largest absolute Gasteiger partial charge is 0.459 e. The highest BCUT2D eigenvalue weighted by Crippen LogP contribution is 2.30. The number of ether oxygens (including phenoxy) is 2. The molecule has 1 aliphatic rings. The maximum absolute atomic E-state index is 11.7. The molecule has 1 aliphatic heterocycles. The van der Waals surface area contributed by atoms with Gasteiger partial charge in [-0.15, -0.1) is 0 Å². The normalized spacial score (nSPS) is 28.0. The topological polar surface area (TPSA) is 35.5 Å². The van der Waals surface area contributed by atoms with Crippen LogP contribution in [0.3, 0.4) is 0 Å². The molecule has 0 saturated carbocycles. The second kappa shape index (κ2) is 5.65. The Morgan fingerprint density at radius 3 is 2.76 bits per heavy atom. The Kier molecular flexibility index (Phi) is 4.18. The van der Waals surface area contributed by atoms with E-state index in [1.807, 2.05) is 18.2 Å². The molecule has 0 aromatic heterocycles. The van der Waals surface area contributed by atoms with Gasteiger partial charge in [-0.2, -0.15) is 0 Å². The molecule has 4 heteroatoms. The summed E-state index contributed by atoms with van der Waals surface area (Å²) < 4.78 is 10.8. The molecule has 1 aromatic carbocycles. The molecule has 0 aliphatic carbocycles. The van der Waals surface area contributed by atoms with E-state index in [0.29, 0.717) is 18.1 Å². The van der Waals surface area contributed by atoms with E-state index in [-0.39, 0.29) is 17.1 Å². The van der Waals surface area contributed by atoms with Crippen molar-refractivity contribution < 1.29 is 14.3 Å². The van der Waals surface area contributed by atoms with Crippen LogP contribution in [0, 0.1) is 5.92 Å². The van der Waals surface area contributed by atoms with E-state index in [1.54, 1.807) is 12.1 Å². The van der Waals surface area contributed by atoms with Crippen LogP contribution in [0.25, 0.3) is 0 Å². The number of esters is 1. The van der Waals surface area contributed by atoms with Crippen molar-refractivity contribution in [3.63, 3.8) is 0 Å². The van der Waals surface area contributed by atoms with Crippen LogP contribution in [0.1, 0.15) is 23.7 Å². The molecule has 1 saturated heterocycles. The fraction of sp³-hybridized carbons (Fsp3) is 0.462. The smallest absolute Gasteiger partial charge is 0.338 e. The number of rotatable bonds is 3. The van der Waals surface area contributed by atoms with Crippen molar-refractivity contribution in [3.8, 4) is 0 Å². The molecule has 17 heavy (non-hydrogen) atoms. The van der Waals surface area contributed by atoms with Gasteiger partial charge in [0.1, 0.15) is 11.6 Å². The Morgan fingerprint density at radius 1 is 1.47 bits per heavy atom. The van der Waals surface area contributed by atoms with E-state index in [1.165, 1.54) is 0 Å². The Bertz CT molecular complexity index is 370. The van der Waals surface area contributed by atoms with Crippen LogP contribution in [-0.2, 0) is 9.47 Å². The van der Waals surface area contributed by atoms with Crippen LogP contribution >= 0.6 is 15.9 Å². The van der Waals surface area contributed by atoms with Gasteiger partial charge in [-0.25, -0.2) is 4.79 Å². The zero-order valence-corrected chi connectivity index (χ0v) is 11.2. The Hall–Kier alpha value is -0.870. The number of alkyl halides is 1. The summed E-state index contributed by atoms with van der Waals surface area (Å²) in [7, 11) is 0. The molecule has 0 N–H and O–H groups in total. The zero-order chi connectivity index (χ0) is 12.3. The summed E-state index contributed by atoms with van der Waals surface area (Å²) in [5.74, 6) is 0.162. The van der Waals surface area contributed by atoms with Gasteiger partial charge in [0.2, 0.25) is 0 Å². The zero-order valence-electron chi connectivity index (χ0n) is 9.64. The van der Waals surface area contributed by atoms with Gasteiger partial charge in [0, 0.05) is 0 Å². The third kappa shape index (κ3) is 3.30. The highest BCUT2D eigenvalue weighted by Gasteiger charge is 2.30. The number of hydrogen-bond acceptors (Lipinski definition) is 3. The molecular formula is C13H15BrO3. The van der Waals surface area contributed by atoms with Gasteiger partial charge in [-0.3, -0.25) is 0 Å². The van der Waals surface area contributed by atoms with Crippen molar-refractivity contribution in [3.05, 3.63) is 35.9 Å². The number of carbonyl (C=O) groups is 1. The fourth-order valence-electron chi connectivity index (χ4n) is 1.83. The monoisotopic (exact) mass is 298 g/mol. The average molecular weight is 299 g/mol. The van der Waals surface area contributed by atoms with E-state index < -0.39 is 0 Å². The fourth-order valence-corrected chi connectivity index (χ4v) is 2.35. The quantitative estimate of drug-likeness (QED) is 0.636. The van der Waals surface area contributed by atoms with E-state index in [4.69, 9.17) is 9.47 Å². The predicted octanol–water partition coefficient (Wildman–Crippen LogP) is 2.99. The molecule has 3 nitrogen and oxygen atoms in total. The summed E-state index contributed by atoms with van der Waals surface area (Å²) >= 11 is 3.43. The molecule has 0 amide bonds. The van der Waals surface area contributed by atoms with Crippen molar-refractivity contribution in [2.45, 2.75) is 24.5 Å². The third-order valence-corrected chi connectivity index (χ3v) is 3.93. The van der Waals surface area contributed by atoms with Gasteiger partial charge in [-0.1, -0.05) is 41.1 Å². The average Bonchev–Trinajstić information content (AvgIpc) is 2.67. The van der Waals surface area contributed by atoms with E-state index in [9.17, 15) is 4.79 Å². The molecule has 1 aromatic rings. The standard InChI is InChI=1S/C13H15BrO3/c1-9-7-11(17-12(9)14)8-16-13(15)10-5-3-2-4-6-10/h2-6,9,11-12H,7-8H2,1H3/t9-,11-,12?/m0/s1. The second-order valence-corrected chi connectivity index (χ2v) is 5.19. The molecular weight excluding hydrogens is 284 g/mol. The van der Waals surface area contributed by atoms with Gasteiger partial charge in [-0.05, 0) is 24.5 Å². The van der Waals surface area contributed by atoms with E-state index in [2.05, 4.69) is 22.9 Å². The van der Waals surface area contributed by atoms with Gasteiger partial charge in [0.15, 0.2) is 0 Å². The maximum Gasteiger partial charge on any atom is 0.338 e. The van der Waals surface area contributed by atoms with Crippen molar-refractivity contribution in [1.29, 1.82) is 0 Å². The van der Waals surface area contributed by atoms with E-state index in [0.717, 1.165) is 6.42 Å². The van der Waals surface area contributed by atoms with Gasteiger partial charge < -0.3 is 9.47 Å². The van der Waals surface area contributed by atoms with Crippen LogP contribution in [0.2, 0.25) is 0 Å². The Labute approximate surface area is 109 Å².